The Morgan fingerprint density at radius 3 is 2.72 bits per heavy atom. The summed E-state index contributed by atoms with van der Waals surface area (Å²) in [6, 6.07) is 5.94. The lowest BCUT2D eigenvalue weighted by Crippen LogP contribution is -2.28. The summed E-state index contributed by atoms with van der Waals surface area (Å²) in [7, 11) is -2.91. The molecule has 0 saturated carbocycles. The van der Waals surface area contributed by atoms with Crippen LogP contribution in [0.1, 0.15) is 20.8 Å². The molecule has 11 heteroatoms. The molecule has 1 aromatic carbocycles. The fraction of sp³-hybridized carbons (Fsp3) is 0.389. The monoisotopic (exact) mass is 532 g/mol. The van der Waals surface area contributed by atoms with Gasteiger partial charge in [0.05, 0.1) is 19.9 Å². The zero-order chi connectivity index (χ0) is 21.6. The molecular weight excluding hydrogens is 507 g/mol. The number of anilines is 3. The van der Waals surface area contributed by atoms with Gasteiger partial charge in [-0.1, -0.05) is 6.07 Å². The minimum atomic E-state index is -2.91. The number of aromatic nitrogens is 2. The molecule has 2 atom stereocenters. The summed E-state index contributed by atoms with van der Waals surface area (Å²) in [6.07, 6.45) is 3.08. The van der Waals surface area contributed by atoms with Crippen molar-refractivity contribution < 1.29 is 14.1 Å². The molecule has 0 fully saturated rings. The van der Waals surface area contributed by atoms with E-state index in [1.165, 1.54) is 6.26 Å². The number of hydrogen-bond acceptors (Lipinski definition) is 7. The number of benzene rings is 1. The lowest BCUT2D eigenvalue weighted by atomic mass is 10.3. The number of aliphatic hydroxyl groups is 1. The molecule has 158 valence electrons. The maximum atomic E-state index is 12.9. The number of aliphatic hydroxyl groups excluding tert-OH is 1. The summed E-state index contributed by atoms with van der Waals surface area (Å²) in [5.41, 5.74) is 0.610. The van der Waals surface area contributed by atoms with E-state index in [4.69, 9.17) is 0 Å². The van der Waals surface area contributed by atoms with Crippen molar-refractivity contribution in [1.82, 2.24) is 15.3 Å². The first-order valence-electron chi connectivity index (χ1n) is 8.90. The number of rotatable bonds is 7. The molecule has 29 heavy (non-hydrogen) atoms. The molecule has 0 aliphatic rings. The van der Waals surface area contributed by atoms with Crippen molar-refractivity contribution in [2.75, 3.05) is 23.5 Å². The summed E-state index contributed by atoms with van der Waals surface area (Å²) in [5.74, 6) is 0.938. The van der Waals surface area contributed by atoms with Gasteiger partial charge in [0.1, 0.15) is 5.82 Å². The summed E-state index contributed by atoms with van der Waals surface area (Å²) >= 11 is 2.11. The number of urea groups is 1. The maximum Gasteiger partial charge on any atom is 0.349 e. The van der Waals surface area contributed by atoms with Crippen molar-refractivity contribution in [1.29, 1.82) is 0 Å². The molecule has 0 bridgehead atoms. The third-order valence-electron chi connectivity index (χ3n) is 3.60. The molecule has 1 aromatic heterocycles. The number of amides is 2. The van der Waals surface area contributed by atoms with Crippen LogP contribution >= 0.6 is 22.6 Å². The van der Waals surface area contributed by atoms with Crippen LogP contribution in [0, 0.1) is 3.57 Å². The van der Waals surface area contributed by atoms with Crippen LogP contribution < -0.4 is 16.0 Å². The van der Waals surface area contributed by atoms with Crippen LogP contribution in [0.15, 0.2) is 39.7 Å². The topological polar surface area (TPSA) is 129 Å². The molecule has 2 aromatic rings. The Bertz CT molecular complexity index is 991. The van der Waals surface area contributed by atoms with Crippen molar-refractivity contribution in [2.45, 2.75) is 37.8 Å². The van der Waals surface area contributed by atoms with Crippen molar-refractivity contribution in [2.24, 2.45) is 4.36 Å². The molecule has 0 radical (unpaired) electrons. The predicted octanol–water partition coefficient (Wildman–Crippen LogP) is 3.19. The number of carbonyl (C=O) groups is 1. The Kier molecular flexibility index (Phi) is 8.16. The van der Waals surface area contributed by atoms with E-state index in [-0.39, 0.29) is 18.7 Å². The number of nitrogens with zero attached hydrogens (tertiary/aromatic N) is 3. The lowest BCUT2D eigenvalue weighted by molar-refractivity contribution is 0.247. The van der Waals surface area contributed by atoms with Gasteiger partial charge < -0.3 is 21.1 Å². The second-order valence-corrected chi connectivity index (χ2v) is 10.2. The molecule has 1 heterocycles. The minimum Gasteiger partial charge on any atom is -0.394 e. The van der Waals surface area contributed by atoms with Gasteiger partial charge in [0, 0.05) is 35.1 Å². The van der Waals surface area contributed by atoms with E-state index in [2.05, 4.69) is 52.9 Å². The Morgan fingerprint density at radius 1 is 1.34 bits per heavy atom. The minimum absolute atomic E-state index is 0.0242. The van der Waals surface area contributed by atoms with Crippen LogP contribution in [-0.2, 0) is 9.73 Å². The van der Waals surface area contributed by atoms with E-state index < -0.39 is 15.8 Å². The molecule has 0 aliphatic heterocycles. The maximum absolute atomic E-state index is 12.9. The molecule has 2 amide bonds. The van der Waals surface area contributed by atoms with E-state index in [0.717, 1.165) is 3.57 Å². The first-order chi connectivity index (χ1) is 13.6. The van der Waals surface area contributed by atoms with Crippen LogP contribution in [0.3, 0.4) is 0 Å². The molecule has 0 saturated heterocycles. The van der Waals surface area contributed by atoms with Gasteiger partial charge in [-0.25, -0.2) is 14.0 Å². The highest BCUT2D eigenvalue weighted by Crippen LogP contribution is 2.22. The SMILES string of the molecule is CC(C)NC(=O)N=S(C)(=O)c1cccc(Nc2ncc(I)c(N[C@H](C)CO)n2)c1. The van der Waals surface area contributed by atoms with Gasteiger partial charge in [-0.2, -0.15) is 4.98 Å². The normalized spacial score (nSPS) is 14.0. The van der Waals surface area contributed by atoms with Gasteiger partial charge in [-0.15, -0.1) is 4.36 Å². The van der Waals surface area contributed by atoms with Gasteiger partial charge in [-0.3, -0.25) is 0 Å². The van der Waals surface area contributed by atoms with Gasteiger partial charge >= 0.3 is 6.03 Å². The van der Waals surface area contributed by atoms with E-state index in [0.29, 0.717) is 22.3 Å². The highest BCUT2D eigenvalue weighted by Gasteiger charge is 2.12. The predicted molar refractivity (Wildman–Crippen MR) is 123 cm³/mol. The van der Waals surface area contributed by atoms with Gasteiger partial charge in [-0.05, 0) is 61.6 Å². The summed E-state index contributed by atoms with van der Waals surface area (Å²) in [6.45, 7) is 5.43. The highest BCUT2D eigenvalue weighted by atomic mass is 127. The third kappa shape index (κ3) is 7.08. The fourth-order valence-corrected chi connectivity index (χ4v) is 3.80. The third-order valence-corrected chi connectivity index (χ3v) is 6.03. The molecule has 9 nitrogen and oxygen atoms in total. The van der Waals surface area contributed by atoms with Crippen molar-refractivity contribution in [3.05, 3.63) is 34.0 Å². The zero-order valence-corrected chi connectivity index (χ0v) is 19.6. The van der Waals surface area contributed by atoms with Crippen molar-refractivity contribution >= 4 is 55.8 Å². The second kappa shape index (κ2) is 10.2. The number of carbonyl (C=O) groups excluding carboxylic acids is 1. The van der Waals surface area contributed by atoms with Crippen LogP contribution in [0.25, 0.3) is 0 Å². The van der Waals surface area contributed by atoms with E-state index >= 15 is 0 Å². The highest BCUT2D eigenvalue weighted by molar-refractivity contribution is 14.1. The molecule has 4 N–H and O–H groups in total. The summed E-state index contributed by atoms with van der Waals surface area (Å²) in [4.78, 5) is 21.0. The van der Waals surface area contributed by atoms with Crippen LogP contribution in [-0.4, -0.2) is 50.3 Å². The molecule has 2 rings (SSSR count). The number of halogens is 1. The standard InChI is InChI=1S/C18H25IN6O3S/c1-11(2)21-18(27)25-29(4,28)14-7-5-6-13(8-14)23-17-20-9-15(19)16(24-17)22-12(3)10-26/h5-9,11-12,26H,10H2,1-4H3,(H,21,27)(H2,20,22,23,24)/t12-,29?/m1/s1. The van der Waals surface area contributed by atoms with E-state index in [1.807, 2.05) is 6.92 Å². The van der Waals surface area contributed by atoms with Crippen molar-refractivity contribution in [3.63, 3.8) is 0 Å². The van der Waals surface area contributed by atoms with E-state index in [9.17, 15) is 14.1 Å². The average Bonchev–Trinajstić information content (AvgIpc) is 2.63. The van der Waals surface area contributed by atoms with Crippen LogP contribution in [0.5, 0.6) is 0 Å². The first kappa shape index (κ1) is 23.3. The Morgan fingerprint density at radius 2 is 2.07 bits per heavy atom. The average molecular weight is 532 g/mol. The molecule has 0 aliphatic carbocycles. The van der Waals surface area contributed by atoms with Crippen LogP contribution in [0.4, 0.5) is 22.2 Å². The van der Waals surface area contributed by atoms with Gasteiger partial charge in [0.15, 0.2) is 0 Å². The quantitative estimate of drug-likeness (QED) is 0.403. The second-order valence-electron chi connectivity index (χ2n) is 6.77. The molecule has 1 unspecified atom stereocenters. The number of hydrogen-bond donors (Lipinski definition) is 4. The largest absolute Gasteiger partial charge is 0.394 e. The van der Waals surface area contributed by atoms with E-state index in [1.54, 1.807) is 44.3 Å². The molecular formula is C18H25IN6O3S. The zero-order valence-electron chi connectivity index (χ0n) is 16.6. The van der Waals surface area contributed by atoms with Crippen LogP contribution in [0.2, 0.25) is 0 Å². The smallest absolute Gasteiger partial charge is 0.349 e. The Balaban J connectivity index is 2.26. The van der Waals surface area contributed by atoms with Gasteiger partial charge in [0.2, 0.25) is 5.95 Å². The molecule has 0 spiro atoms. The van der Waals surface area contributed by atoms with Crippen molar-refractivity contribution in [3.8, 4) is 0 Å². The van der Waals surface area contributed by atoms with Gasteiger partial charge in [0.25, 0.3) is 0 Å². The first-order valence-corrected chi connectivity index (χ1v) is 11.9. The fourth-order valence-electron chi connectivity index (χ4n) is 2.23. The number of nitrogens with one attached hydrogen (secondary N) is 3. The Hall–Kier alpha value is -1.99. The summed E-state index contributed by atoms with van der Waals surface area (Å²) < 4.78 is 17.5. The lowest BCUT2D eigenvalue weighted by Gasteiger charge is -2.14. The summed E-state index contributed by atoms with van der Waals surface area (Å²) in [5, 5.41) is 18.0. The Labute approximate surface area is 184 Å².